The number of halogens is 1. The molecule has 3 aromatic rings. The topological polar surface area (TPSA) is 103 Å². The van der Waals surface area contributed by atoms with E-state index in [4.69, 9.17) is 21.1 Å². The summed E-state index contributed by atoms with van der Waals surface area (Å²) in [6.07, 6.45) is 1.25. The summed E-state index contributed by atoms with van der Waals surface area (Å²) in [5, 5.41) is 3.96. The maximum Gasteiger partial charge on any atom is 0.350 e. The van der Waals surface area contributed by atoms with E-state index in [2.05, 4.69) is 10.3 Å². The number of fused-ring (bicyclic) bond motifs is 1. The number of nitrogens with zero attached hydrogens (tertiary/aromatic N) is 3. The number of esters is 1. The maximum atomic E-state index is 13.0. The Bertz CT molecular complexity index is 1300. The molecule has 0 spiro atoms. The third-order valence-electron chi connectivity index (χ3n) is 6.02. The summed E-state index contributed by atoms with van der Waals surface area (Å²) in [5.74, 6) is 0.274. The lowest BCUT2D eigenvalue weighted by Crippen LogP contribution is -2.39. The second-order valence-corrected chi connectivity index (χ2v) is 8.66. The molecule has 9 nitrogen and oxygen atoms in total. The van der Waals surface area contributed by atoms with Gasteiger partial charge in [-0.25, -0.2) is 4.79 Å². The molecule has 1 saturated heterocycles. The number of benzene rings is 2. The molecule has 0 atom stereocenters. The summed E-state index contributed by atoms with van der Waals surface area (Å²) in [6.45, 7) is 3.09. The minimum absolute atomic E-state index is 0.148. The second kappa shape index (κ2) is 10.8. The fourth-order valence-electron chi connectivity index (χ4n) is 4.30. The van der Waals surface area contributed by atoms with Crippen molar-refractivity contribution in [2.45, 2.75) is 26.3 Å². The van der Waals surface area contributed by atoms with Gasteiger partial charge in [-0.2, -0.15) is 4.98 Å². The average Bonchev–Trinajstić information content (AvgIpc) is 2.86. The summed E-state index contributed by atoms with van der Waals surface area (Å²) in [6, 6.07) is 12.2. The van der Waals surface area contributed by atoms with Crippen molar-refractivity contribution in [1.29, 1.82) is 0 Å². The number of piperidine rings is 1. The quantitative estimate of drug-likeness (QED) is 0.497. The van der Waals surface area contributed by atoms with Crippen molar-refractivity contribution in [2.75, 3.05) is 37.0 Å². The summed E-state index contributed by atoms with van der Waals surface area (Å²) in [7, 11) is 1.50. The van der Waals surface area contributed by atoms with Crippen molar-refractivity contribution in [3.8, 4) is 5.75 Å². The molecule has 184 valence electrons. The number of hydrogen-bond donors (Lipinski definition) is 1. The first-order valence-corrected chi connectivity index (χ1v) is 11.8. The molecule has 1 aromatic heterocycles. The Kier molecular flexibility index (Phi) is 7.55. The standard InChI is InChI=1S/C25H27ClN4O5/c1-3-35-24(32)16-10-12-29(13-11-16)23-18-6-4-5-7-20(18)30(25(33)28-23)15-22(31)27-19-14-17(26)8-9-21(19)34-2/h4-9,14,16H,3,10-13,15H2,1-2H3,(H,27,31). The van der Waals surface area contributed by atoms with Crippen LogP contribution in [0.15, 0.2) is 47.3 Å². The monoisotopic (exact) mass is 498 g/mol. The van der Waals surface area contributed by atoms with Crippen LogP contribution >= 0.6 is 11.6 Å². The second-order valence-electron chi connectivity index (χ2n) is 8.23. The smallest absolute Gasteiger partial charge is 0.350 e. The van der Waals surface area contributed by atoms with Crippen molar-refractivity contribution in [3.63, 3.8) is 0 Å². The molecule has 10 heteroatoms. The Morgan fingerprint density at radius 1 is 1.17 bits per heavy atom. The number of aromatic nitrogens is 2. The molecule has 0 unspecified atom stereocenters. The first-order chi connectivity index (χ1) is 16.9. The molecule has 0 radical (unpaired) electrons. The van der Waals surface area contributed by atoms with Gasteiger partial charge in [0.05, 0.1) is 30.8 Å². The molecule has 1 amide bonds. The van der Waals surface area contributed by atoms with E-state index in [-0.39, 0.29) is 18.4 Å². The summed E-state index contributed by atoms with van der Waals surface area (Å²) in [4.78, 5) is 44.3. The summed E-state index contributed by atoms with van der Waals surface area (Å²) < 4.78 is 11.8. The van der Waals surface area contributed by atoms with E-state index < -0.39 is 11.6 Å². The molecule has 35 heavy (non-hydrogen) atoms. The molecule has 2 aromatic carbocycles. The minimum Gasteiger partial charge on any atom is -0.495 e. The highest BCUT2D eigenvalue weighted by Crippen LogP contribution is 2.29. The van der Waals surface area contributed by atoms with Crippen molar-refractivity contribution in [3.05, 3.63) is 58.0 Å². The van der Waals surface area contributed by atoms with Crippen LogP contribution in [-0.4, -0.2) is 48.2 Å². The van der Waals surface area contributed by atoms with Crippen LogP contribution in [0.1, 0.15) is 19.8 Å². The van der Waals surface area contributed by atoms with E-state index in [1.165, 1.54) is 11.7 Å². The third-order valence-corrected chi connectivity index (χ3v) is 6.26. The third kappa shape index (κ3) is 5.40. The van der Waals surface area contributed by atoms with Gasteiger partial charge in [0.15, 0.2) is 0 Å². The zero-order valence-electron chi connectivity index (χ0n) is 19.6. The maximum absolute atomic E-state index is 13.0. The van der Waals surface area contributed by atoms with Gasteiger partial charge in [-0.05, 0) is 50.1 Å². The molecular weight excluding hydrogens is 472 g/mol. The Morgan fingerprint density at radius 3 is 2.63 bits per heavy atom. The number of rotatable bonds is 7. The number of carbonyl (C=O) groups excluding carboxylic acids is 2. The molecule has 1 aliphatic rings. The largest absolute Gasteiger partial charge is 0.495 e. The molecule has 2 heterocycles. The molecule has 1 aliphatic heterocycles. The highest BCUT2D eigenvalue weighted by Gasteiger charge is 2.28. The number of para-hydroxylation sites is 1. The lowest BCUT2D eigenvalue weighted by atomic mass is 9.97. The first kappa shape index (κ1) is 24.5. The van der Waals surface area contributed by atoms with Gasteiger partial charge < -0.3 is 19.7 Å². The Balaban J connectivity index is 1.58. The zero-order chi connectivity index (χ0) is 24.9. The van der Waals surface area contributed by atoms with E-state index in [1.54, 1.807) is 31.2 Å². The highest BCUT2D eigenvalue weighted by atomic mass is 35.5. The number of hydrogen-bond acceptors (Lipinski definition) is 7. The van der Waals surface area contributed by atoms with E-state index in [0.717, 1.165) is 5.39 Å². The predicted molar refractivity (Wildman–Crippen MR) is 134 cm³/mol. The van der Waals surface area contributed by atoms with Crippen LogP contribution in [0.25, 0.3) is 10.9 Å². The van der Waals surface area contributed by atoms with Crippen LogP contribution in [0.5, 0.6) is 5.75 Å². The van der Waals surface area contributed by atoms with Crippen LogP contribution in [0.3, 0.4) is 0 Å². The molecule has 1 fully saturated rings. The van der Waals surface area contributed by atoms with Crippen LogP contribution < -0.4 is 20.6 Å². The van der Waals surface area contributed by atoms with Crippen molar-refractivity contribution >= 4 is 45.9 Å². The van der Waals surface area contributed by atoms with E-state index in [9.17, 15) is 14.4 Å². The molecular formula is C25H27ClN4O5. The Hall–Kier alpha value is -3.59. The van der Waals surface area contributed by atoms with Gasteiger partial charge in [-0.1, -0.05) is 23.7 Å². The summed E-state index contributed by atoms with van der Waals surface area (Å²) >= 11 is 6.05. The van der Waals surface area contributed by atoms with Gasteiger partial charge >= 0.3 is 11.7 Å². The highest BCUT2D eigenvalue weighted by molar-refractivity contribution is 6.31. The fraction of sp³-hybridized carbons (Fsp3) is 0.360. The number of methoxy groups -OCH3 is 1. The average molecular weight is 499 g/mol. The molecule has 0 bridgehead atoms. The van der Waals surface area contributed by atoms with Crippen LogP contribution in [0, 0.1) is 5.92 Å². The molecule has 0 saturated carbocycles. The van der Waals surface area contributed by atoms with E-state index >= 15 is 0 Å². The lowest BCUT2D eigenvalue weighted by molar-refractivity contribution is -0.148. The molecule has 4 rings (SSSR count). The zero-order valence-corrected chi connectivity index (χ0v) is 20.4. The van der Waals surface area contributed by atoms with Gasteiger partial charge in [0.2, 0.25) is 5.91 Å². The van der Waals surface area contributed by atoms with Crippen molar-refractivity contribution < 1.29 is 19.1 Å². The van der Waals surface area contributed by atoms with Crippen molar-refractivity contribution in [2.24, 2.45) is 5.92 Å². The SMILES string of the molecule is CCOC(=O)C1CCN(c2nc(=O)n(CC(=O)Nc3cc(Cl)ccc3OC)c3ccccc23)CC1. The van der Waals surface area contributed by atoms with Crippen LogP contribution in [0.2, 0.25) is 5.02 Å². The summed E-state index contributed by atoms with van der Waals surface area (Å²) in [5.41, 5.74) is 0.485. The minimum atomic E-state index is -0.528. The van der Waals surface area contributed by atoms with Crippen LogP contribution in [-0.2, 0) is 20.9 Å². The van der Waals surface area contributed by atoms with E-state index in [1.807, 2.05) is 23.1 Å². The van der Waals surface area contributed by atoms with E-state index in [0.29, 0.717) is 60.3 Å². The number of ether oxygens (including phenoxy) is 2. The predicted octanol–water partition coefficient (Wildman–Crippen LogP) is 3.48. The van der Waals surface area contributed by atoms with Crippen molar-refractivity contribution in [1.82, 2.24) is 9.55 Å². The van der Waals surface area contributed by atoms with Gasteiger partial charge in [0.25, 0.3) is 0 Å². The molecule has 0 aliphatic carbocycles. The number of amides is 1. The van der Waals surface area contributed by atoms with Gasteiger partial charge in [0, 0.05) is 23.5 Å². The van der Waals surface area contributed by atoms with Gasteiger partial charge in [-0.15, -0.1) is 0 Å². The Labute approximate surface area is 207 Å². The van der Waals surface area contributed by atoms with Crippen LogP contribution in [0.4, 0.5) is 11.5 Å². The fourth-order valence-corrected chi connectivity index (χ4v) is 4.48. The number of carbonyl (C=O) groups is 2. The normalized spacial score (nSPS) is 14.1. The number of nitrogens with one attached hydrogen (secondary N) is 1. The molecule has 1 N–H and O–H groups in total. The first-order valence-electron chi connectivity index (χ1n) is 11.5. The van der Waals surface area contributed by atoms with Gasteiger partial charge in [0.1, 0.15) is 18.1 Å². The lowest BCUT2D eigenvalue weighted by Gasteiger charge is -2.32. The van der Waals surface area contributed by atoms with Gasteiger partial charge in [-0.3, -0.25) is 14.2 Å². The number of anilines is 2. The Morgan fingerprint density at radius 2 is 1.91 bits per heavy atom.